The minimum absolute atomic E-state index is 1.17. The van der Waals surface area contributed by atoms with E-state index in [0.29, 0.717) is 0 Å². The smallest absolute Gasteiger partial charge is 0.00188 e. The lowest BCUT2D eigenvalue weighted by Gasteiger charge is -2.16. The second-order valence-electron chi connectivity index (χ2n) is 4.25. The quantitative estimate of drug-likeness (QED) is 0.617. The molecule has 1 nitrogen and oxygen atoms in total. The average Bonchev–Trinajstić information content (AvgIpc) is 2.28. The molecule has 0 aromatic heterocycles. The van der Waals surface area contributed by atoms with Gasteiger partial charge in [-0.15, -0.1) is 0 Å². The minimum Gasteiger partial charge on any atom is -0.306 e. The van der Waals surface area contributed by atoms with E-state index in [-0.39, 0.29) is 0 Å². The van der Waals surface area contributed by atoms with Crippen molar-refractivity contribution < 1.29 is 0 Å². The summed E-state index contributed by atoms with van der Waals surface area (Å²) in [4.78, 5) is 2.43. The van der Waals surface area contributed by atoms with Crippen LogP contribution in [-0.2, 0) is 6.42 Å². The summed E-state index contributed by atoms with van der Waals surface area (Å²) in [5.74, 6) is 0. The van der Waals surface area contributed by atoms with Gasteiger partial charge in [-0.1, -0.05) is 50.1 Å². The predicted octanol–water partition coefficient (Wildman–Crippen LogP) is 3.35. The summed E-state index contributed by atoms with van der Waals surface area (Å²) in [7, 11) is 2.22. The van der Waals surface area contributed by atoms with Gasteiger partial charge < -0.3 is 4.90 Å². The number of unbranched alkanes of at least 4 members (excludes halogenated alkanes) is 2. The molecule has 0 spiro atoms. The van der Waals surface area contributed by atoms with Gasteiger partial charge in [-0.05, 0) is 32.0 Å². The fraction of sp³-hybridized carbons (Fsp3) is 0.571. The summed E-state index contributed by atoms with van der Waals surface area (Å²) in [6, 6.07) is 10.7. The van der Waals surface area contributed by atoms with Gasteiger partial charge in [0.2, 0.25) is 0 Å². The molecule has 0 aliphatic rings. The number of rotatable bonds is 7. The van der Waals surface area contributed by atoms with Gasteiger partial charge >= 0.3 is 0 Å². The van der Waals surface area contributed by atoms with Crippen LogP contribution in [0.5, 0.6) is 0 Å². The van der Waals surface area contributed by atoms with Gasteiger partial charge in [0, 0.05) is 6.54 Å². The Morgan fingerprint density at radius 2 is 1.73 bits per heavy atom. The van der Waals surface area contributed by atoms with Gasteiger partial charge in [0.1, 0.15) is 0 Å². The topological polar surface area (TPSA) is 3.24 Å². The molecule has 0 heterocycles. The Morgan fingerprint density at radius 1 is 1.00 bits per heavy atom. The van der Waals surface area contributed by atoms with E-state index in [9.17, 15) is 0 Å². The molecule has 0 bridgehead atoms. The number of likely N-dealkylation sites (N-methyl/N-ethyl adjacent to an activating group) is 1. The molecule has 0 unspecified atom stereocenters. The van der Waals surface area contributed by atoms with Crippen molar-refractivity contribution >= 4 is 0 Å². The van der Waals surface area contributed by atoms with Gasteiger partial charge in [-0.2, -0.15) is 0 Å². The normalized spacial score (nSPS) is 10.9. The highest BCUT2D eigenvalue weighted by atomic mass is 15.1. The number of benzene rings is 1. The first-order valence-corrected chi connectivity index (χ1v) is 6.05. The highest BCUT2D eigenvalue weighted by Gasteiger charge is 1.98. The molecule has 1 aromatic carbocycles. The van der Waals surface area contributed by atoms with Crippen molar-refractivity contribution in [1.82, 2.24) is 4.90 Å². The van der Waals surface area contributed by atoms with E-state index in [4.69, 9.17) is 0 Å². The van der Waals surface area contributed by atoms with Crippen LogP contribution in [0.2, 0.25) is 0 Å². The lowest BCUT2D eigenvalue weighted by molar-refractivity contribution is 0.329. The second kappa shape index (κ2) is 7.47. The third-order valence-electron chi connectivity index (χ3n) is 2.77. The van der Waals surface area contributed by atoms with E-state index in [1.165, 1.54) is 44.3 Å². The standard InChI is InChI=1S/C14H23N/c1-3-4-8-12-15(2)13-11-14-9-6-5-7-10-14/h5-7,9-10H,3-4,8,11-13H2,1-2H3. The van der Waals surface area contributed by atoms with Crippen molar-refractivity contribution in [2.75, 3.05) is 20.1 Å². The number of nitrogens with zero attached hydrogens (tertiary/aromatic N) is 1. The Bertz CT molecular complexity index is 243. The van der Waals surface area contributed by atoms with Crippen LogP contribution in [0.4, 0.5) is 0 Å². The van der Waals surface area contributed by atoms with Crippen molar-refractivity contribution in [1.29, 1.82) is 0 Å². The van der Waals surface area contributed by atoms with Crippen LogP contribution in [0.25, 0.3) is 0 Å². The molecule has 0 radical (unpaired) electrons. The Balaban J connectivity index is 2.14. The Hall–Kier alpha value is -0.820. The summed E-state index contributed by atoms with van der Waals surface area (Å²) in [6.07, 6.45) is 5.17. The zero-order chi connectivity index (χ0) is 10.9. The molecule has 0 aliphatic carbocycles. The first kappa shape index (κ1) is 12.3. The molecule has 0 saturated carbocycles. The molecule has 1 rings (SSSR count). The third kappa shape index (κ3) is 5.58. The summed E-state index contributed by atoms with van der Waals surface area (Å²) in [5.41, 5.74) is 1.44. The van der Waals surface area contributed by atoms with Crippen LogP contribution in [0, 0.1) is 0 Å². The molecular weight excluding hydrogens is 182 g/mol. The van der Waals surface area contributed by atoms with Gasteiger partial charge in [0.15, 0.2) is 0 Å². The van der Waals surface area contributed by atoms with Gasteiger partial charge in [0.25, 0.3) is 0 Å². The number of hydrogen-bond donors (Lipinski definition) is 0. The van der Waals surface area contributed by atoms with Crippen LogP contribution in [0.15, 0.2) is 30.3 Å². The van der Waals surface area contributed by atoms with E-state index < -0.39 is 0 Å². The van der Waals surface area contributed by atoms with E-state index in [1.54, 1.807) is 0 Å². The highest BCUT2D eigenvalue weighted by molar-refractivity contribution is 5.14. The van der Waals surface area contributed by atoms with Crippen LogP contribution >= 0.6 is 0 Å². The summed E-state index contributed by atoms with van der Waals surface area (Å²) in [5, 5.41) is 0. The molecule has 84 valence electrons. The number of hydrogen-bond acceptors (Lipinski definition) is 1. The second-order valence-corrected chi connectivity index (χ2v) is 4.25. The Labute approximate surface area is 94.1 Å². The summed E-state index contributed by atoms with van der Waals surface area (Å²) < 4.78 is 0. The molecular formula is C14H23N. The van der Waals surface area contributed by atoms with Crippen LogP contribution in [0.1, 0.15) is 31.7 Å². The van der Waals surface area contributed by atoms with E-state index in [0.717, 1.165) is 0 Å². The zero-order valence-corrected chi connectivity index (χ0v) is 10.1. The molecule has 0 aliphatic heterocycles. The van der Waals surface area contributed by atoms with Gasteiger partial charge in [-0.25, -0.2) is 0 Å². The van der Waals surface area contributed by atoms with E-state index in [1.807, 2.05) is 0 Å². The summed E-state index contributed by atoms with van der Waals surface area (Å²) in [6.45, 7) is 4.67. The fourth-order valence-corrected chi connectivity index (χ4v) is 1.71. The Kier molecular flexibility index (Phi) is 6.10. The fourth-order valence-electron chi connectivity index (χ4n) is 1.71. The lowest BCUT2D eigenvalue weighted by atomic mass is 10.1. The maximum Gasteiger partial charge on any atom is 0.00188 e. The largest absolute Gasteiger partial charge is 0.306 e. The molecule has 1 heteroatoms. The van der Waals surface area contributed by atoms with Crippen molar-refractivity contribution in [3.05, 3.63) is 35.9 Å². The van der Waals surface area contributed by atoms with Crippen molar-refractivity contribution in [2.45, 2.75) is 32.6 Å². The highest BCUT2D eigenvalue weighted by Crippen LogP contribution is 2.02. The van der Waals surface area contributed by atoms with Crippen LogP contribution in [0.3, 0.4) is 0 Å². The first-order valence-electron chi connectivity index (χ1n) is 6.05. The predicted molar refractivity (Wildman–Crippen MR) is 67.2 cm³/mol. The Morgan fingerprint density at radius 3 is 2.40 bits per heavy atom. The van der Waals surface area contributed by atoms with Crippen LogP contribution in [-0.4, -0.2) is 25.0 Å². The van der Waals surface area contributed by atoms with E-state index in [2.05, 4.69) is 49.2 Å². The van der Waals surface area contributed by atoms with Crippen LogP contribution < -0.4 is 0 Å². The molecule has 0 fully saturated rings. The van der Waals surface area contributed by atoms with Crippen molar-refractivity contribution in [3.63, 3.8) is 0 Å². The lowest BCUT2D eigenvalue weighted by Crippen LogP contribution is -2.22. The average molecular weight is 205 g/mol. The molecule has 0 N–H and O–H groups in total. The maximum atomic E-state index is 2.43. The molecule has 0 amide bonds. The molecule has 0 atom stereocenters. The summed E-state index contributed by atoms with van der Waals surface area (Å²) >= 11 is 0. The van der Waals surface area contributed by atoms with E-state index >= 15 is 0 Å². The molecule has 0 saturated heterocycles. The van der Waals surface area contributed by atoms with Crippen molar-refractivity contribution in [3.8, 4) is 0 Å². The SMILES string of the molecule is CCCCCN(C)CCc1ccccc1. The minimum atomic E-state index is 1.17. The molecule has 15 heavy (non-hydrogen) atoms. The van der Waals surface area contributed by atoms with Gasteiger partial charge in [0.05, 0.1) is 0 Å². The monoisotopic (exact) mass is 205 g/mol. The van der Waals surface area contributed by atoms with Crippen molar-refractivity contribution in [2.24, 2.45) is 0 Å². The third-order valence-corrected chi connectivity index (χ3v) is 2.77. The molecule has 1 aromatic rings. The van der Waals surface area contributed by atoms with Gasteiger partial charge in [-0.3, -0.25) is 0 Å². The maximum absolute atomic E-state index is 2.43. The zero-order valence-electron chi connectivity index (χ0n) is 10.1. The first-order chi connectivity index (χ1) is 7.33.